The lowest BCUT2D eigenvalue weighted by Crippen LogP contribution is -2.64. The second-order valence-corrected chi connectivity index (χ2v) is 10.2. The number of alkyl halides is 3. The van der Waals surface area contributed by atoms with Crippen molar-refractivity contribution in [3.8, 4) is 0 Å². The number of hydrogen-bond donors (Lipinski definition) is 0. The first-order chi connectivity index (χ1) is 19.9. The Labute approximate surface area is 241 Å². The van der Waals surface area contributed by atoms with E-state index in [-0.39, 0.29) is 5.70 Å². The summed E-state index contributed by atoms with van der Waals surface area (Å²) in [5, 5.41) is 1.43. The molecule has 0 spiro atoms. The van der Waals surface area contributed by atoms with Crippen LogP contribution in [-0.2, 0) is 20.8 Å². The van der Waals surface area contributed by atoms with Gasteiger partial charge in [0.05, 0.1) is 5.70 Å². The summed E-state index contributed by atoms with van der Waals surface area (Å²) in [6, 6.07) is 21.1. The van der Waals surface area contributed by atoms with Gasteiger partial charge in [0.25, 0.3) is 17.6 Å². The van der Waals surface area contributed by atoms with Crippen LogP contribution in [-0.4, -0.2) is 56.7 Å². The van der Waals surface area contributed by atoms with Crippen LogP contribution in [0.1, 0.15) is 42.3 Å². The minimum atomic E-state index is -5.30. The number of halogens is 3. The van der Waals surface area contributed by atoms with Crippen LogP contribution in [0.25, 0.3) is 5.70 Å². The monoisotopic (exact) mass is 577 g/mol. The summed E-state index contributed by atoms with van der Waals surface area (Å²) < 4.78 is 42.0. The molecular formula is C32H30F3N3O4. The van der Waals surface area contributed by atoms with E-state index in [2.05, 4.69) is 0 Å². The normalized spacial score (nSPS) is 16.2. The lowest BCUT2D eigenvalue weighted by Gasteiger charge is -2.47. The molecule has 1 aliphatic heterocycles. The summed E-state index contributed by atoms with van der Waals surface area (Å²) in [5.74, 6) is -4.96. The molecule has 218 valence electrons. The highest BCUT2D eigenvalue weighted by Gasteiger charge is 2.51. The second kappa shape index (κ2) is 12.4. The molecular weight excluding hydrogens is 547 g/mol. The number of carbonyl (C=O) groups is 4. The van der Waals surface area contributed by atoms with Gasteiger partial charge >= 0.3 is 6.18 Å². The summed E-state index contributed by atoms with van der Waals surface area (Å²) in [6.07, 6.45) is -4.43. The summed E-state index contributed by atoms with van der Waals surface area (Å²) in [5.41, 5.74) is 0.987. The summed E-state index contributed by atoms with van der Waals surface area (Å²) in [7, 11) is 0. The van der Waals surface area contributed by atoms with E-state index in [1.165, 1.54) is 23.2 Å². The zero-order valence-electron chi connectivity index (χ0n) is 23.3. The van der Waals surface area contributed by atoms with E-state index >= 15 is 0 Å². The molecule has 0 N–H and O–H groups in total. The maximum atomic E-state index is 14.4. The predicted octanol–water partition coefficient (Wildman–Crippen LogP) is 5.50. The molecule has 3 amide bonds. The molecule has 42 heavy (non-hydrogen) atoms. The van der Waals surface area contributed by atoms with Gasteiger partial charge in [0, 0.05) is 30.7 Å². The smallest absolute Gasteiger partial charge is 0.300 e. The standard InChI is InChI=1S/C32H30F3N3O4/c1-21(2)28-31(42)38(37(22(3)39)26(29(40)32(33,34)35)19-23-13-7-4-8-14-23)27(24-15-9-5-10-16-24)20-36(28)30(41)25-17-11-6-12-18-25/h4-18,20-21,26,28H,19H2,1-3H3/t26?,28-/m1/s1. The number of hydrazine groups is 1. The minimum Gasteiger partial charge on any atom is -0.300 e. The molecule has 3 aromatic rings. The van der Waals surface area contributed by atoms with Gasteiger partial charge in [-0.1, -0.05) is 92.7 Å². The van der Waals surface area contributed by atoms with Gasteiger partial charge in [-0.25, -0.2) is 10.0 Å². The zero-order chi connectivity index (χ0) is 30.6. The number of hydrogen-bond acceptors (Lipinski definition) is 4. The maximum Gasteiger partial charge on any atom is 0.452 e. The molecule has 0 bridgehead atoms. The Hall–Kier alpha value is -4.73. The van der Waals surface area contributed by atoms with Crippen molar-refractivity contribution >= 4 is 29.2 Å². The van der Waals surface area contributed by atoms with Crippen LogP contribution in [0.15, 0.2) is 97.2 Å². The van der Waals surface area contributed by atoms with E-state index in [1.807, 2.05) is 0 Å². The third kappa shape index (κ3) is 6.27. The largest absolute Gasteiger partial charge is 0.452 e. The fourth-order valence-corrected chi connectivity index (χ4v) is 4.99. The molecule has 0 radical (unpaired) electrons. The Morgan fingerprint density at radius 1 is 0.857 bits per heavy atom. The fraction of sp³-hybridized carbons (Fsp3) is 0.250. The third-order valence-electron chi connectivity index (χ3n) is 6.89. The van der Waals surface area contributed by atoms with Crippen molar-refractivity contribution in [2.45, 2.75) is 45.5 Å². The van der Waals surface area contributed by atoms with Gasteiger partial charge in [-0.15, -0.1) is 0 Å². The van der Waals surface area contributed by atoms with Gasteiger partial charge in [-0.05, 0) is 23.6 Å². The first-order valence-electron chi connectivity index (χ1n) is 13.4. The number of carbonyl (C=O) groups excluding carboxylic acids is 4. The number of amides is 3. The molecule has 1 aliphatic rings. The molecule has 3 aromatic carbocycles. The van der Waals surface area contributed by atoms with Crippen molar-refractivity contribution in [1.82, 2.24) is 14.9 Å². The van der Waals surface area contributed by atoms with Crippen molar-refractivity contribution in [1.29, 1.82) is 0 Å². The van der Waals surface area contributed by atoms with Gasteiger partial charge in [0.15, 0.2) is 0 Å². The first kappa shape index (κ1) is 30.2. The molecule has 1 unspecified atom stereocenters. The topological polar surface area (TPSA) is 78.0 Å². The molecule has 0 aromatic heterocycles. The number of nitrogens with zero attached hydrogens (tertiary/aromatic N) is 3. The van der Waals surface area contributed by atoms with Gasteiger partial charge in [-0.2, -0.15) is 13.2 Å². The molecule has 7 nitrogen and oxygen atoms in total. The average molecular weight is 578 g/mol. The average Bonchev–Trinajstić information content (AvgIpc) is 2.97. The van der Waals surface area contributed by atoms with Crippen molar-refractivity contribution < 1.29 is 32.3 Å². The minimum absolute atomic E-state index is 0.0231. The van der Waals surface area contributed by atoms with E-state index in [1.54, 1.807) is 92.7 Å². The van der Waals surface area contributed by atoms with E-state index in [0.29, 0.717) is 21.7 Å². The van der Waals surface area contributed by atoms with Crippen LogP contribution < -0.4 is 0 Å². The van der Waals surface area contributed by atoms with E-state index in [0.717, 1.165) is 11.9 Å². The van der Waals surface area contributed by atoms with E-state index in [9.17, 15) is 32.3 Å². The number of benzene rings is 3. The molecule has 0 aliphatic carbocycles. The molecule has 0 saturated heterocycles. The lowest BCUT2D eigenvalue weighted by molar-refractivity contribution is -0.187. The third-order valence-corrected chi connectivity index (χ3v) is 6.89. The molecule has 10 heteroatoms. The van der Waals surface area contributed by atoms with Crippen molar-refractivity contribution in [3.05, 3.63) is 114 Å². The first-order valence-corrected chi connectivity index (χ1v) is 13.4. The highest BCUT2D eigenvalue weighted by Crippen LogP contribution is 2.35. The Morgan fingerprint density at radius 3 is 1.88 bits per heavy atom. The predicted molar refractivity (Wildman–Crippen MR) is 150 cm³/mol. The van der Waals surface area contributed by atoms with Gasteiger partial charge in [0.2, 0.25) is 5.91 Å². The van der Waals surface area contributed by atoms with Crippen LogP contribution in [0.5, 0.6) is 0 Å². The molecule has 0 fully saturated rings. The van der Waals surface area contributed by atoms with Crippen LogP contribution in [0.3, 0.4) is 0 Å². The molecule has 2 atom stereocenters. The van der Waals surface area contributed by atoms with Crippen molar-refractivity contribution in [2.75, 3.05) is 0 Å². The summed E-state index contributed by atoms with van der Waals surface area (Å²) in [6.45, 7) is 4.38. The van der Waals surface area contributed by atoms with Gasteiger partial charge in [0.1, 0.15) is 12.1 Å². The number of Topliss-reactive ketones (excluding diaryl/α,β-unsaturated/α-hetero) is 1. The van der Waals surface area contributed by atoms with E-state index < -0.39 is 54.1 Å². The van der Waals surface area contributed by atoms with Crippen LogP contribution >= 0.6 is 0 Å². The molecule has 0 saturated carbocycles. The Kier molecular flexibility index (Phi) is 8.94. The van der Waals surface area contributed by atoms with Crippen LogP contribution in [0.4, 0.5) is 13.2 Å². The lowest BCUT2D eigenvalue weighted by atomic mass is 9.96. The van der Waals surface area contributed by atoms with E-state index in [4.69, 9.17) is 0 Å². The van der Waals surface area contributed by atoms with Crippen LogP contribution in [0.2, 0.25) is 0 Å². The number of rotatable bonds is 8. The Morgan fingerprint density at radius 2 is 1.38 bits per heavy atom. The highest BCUT2D eigenvalue weighted by atomic mass is 19.4. The highest BCUT2D eigenvalue weighted by molar-refractivity contribution is 6.04. The quantitative estimate of drug-likeness (QED) is 0.354. The molecule has 4 rings (SSSR count). The van der Waals surface area contributed by atoms with Crippen LogP contribution in [0, 0.1) is 5.92 Å². The second-order valence-electron chi connectivity index (χ2n) is 10.2. The summed E-state index contributed by atoms with van der Waals surface area (Å²) in [4.78, 5) is 55.5. The summed E-state index contributed by atoms with van der Waals surface area (Å²) >= 11 is 0. The number of ketones is 1. The fourth-order valence-electron chi connectivity index (χ4n) is 4.99. The van der Waals surface area contributed by atoms with Crippen molar-refractivity contribution in [2.24, 2.45) is 5.92 Å². The SMILES string of the molecule is CC(=O)N(C(Cc1ccccc1)C(=O)C(F)(F)F)N1C(=O)[C@@H](C(C)C)N(C(=O)c2ccccc2)C=C1c1ccccc1. The Balaban J connectivity index is 1.95. The maximum absolute atomic E-state index is 14.4. The zero-order valence-corrected chi connectivity index (χ0v) is 23.3. The van der Waals surface area contributed by atoms with Gasteiger partial charge in [-0.3, -0.25) is 24.1 Å². The molecule has 1 heterocycles. The Bertz CT molecular complexity index is 1480. The van der Waals surface area contributed by atoms with Crippen molar-refractivity contribution in [3.63, 3.8) is 0 Å². The van der Waals surface area contributed by atoms with Gasteiger partial charge < -0.3 is 0 Å².